The van der Waals surface area contributed by atoms with E-state index in [-0.39, 0.29) is 17.2 Å². The zero-order chi connectivity index (χ0) is 17.5. The third-order valence-corrected chi connectivity index (χ3v) is 3.41. The van der Waals surface area contributed by atoms with Crippen molar-refractivity contribution in [3.63, 3.8) is 0 Å². The molecule has 1 amide bonds. The number of carbonyl (C=O) groups excluding carboxylic acids is 1. The summed E-state index contributed by atoms with van der Waals surface area (Å²) in [5, 5.41) is 10.8. The van der Waals surface area contributed by atoms with Gasteiger partial charge in [0.2, 0.25) is 0 Å². The quantitative estimate of drug-likeness (QED) is 0.576. The molecule has 0 heterocycles. The molecule has 7 nitrogen and oxygen atoms in total. The molecule has 0 aliphatic rings. The van der Waals surface area contributed by atoms with E-state index < -0.39 is 4.92 Å². The molecule has 0 atom stereocenters. The van der Waals surface area contributed by atoms with Crippen LogP contribution in [-0.4, -0.2) is 43.0 Å². The zero-order valence-electron chi connectivity index (χ0n) is 13.5. The Labute approximate surface area is 139 Å². The summed E-state index contributed by atoms with van der Waals surface area (Å²) in [6.07, 6.45) is 0. The Kier molecular flexibility index (Phi) is 5.73. The van der Waals surface area contributed by atoms with Crippen LogP contribution in [0.5, 0.6) is 11.5 Å². The van der Waals surface area contributed by atoms with Gasteiger partial charge in [0, 0.05) is 24.7 Å². The molecule has 0 saturated carbocycles. The van der Waals surface area contributed by atoms with E-state index in [4.69, 9.17) is 9.47 Å². The summed E-state index contributed by atoms with van der Waals surface area (Å²) in [6.45, 7) is 0.664. The van der Waals surface area contributed by atoms with Gasteiger partial charge in [0.05, 0.1) is 18.6 Å². The van der Waals surface area contributed by atoms with Gasteiger partial charge in [-0.05, 0) is 30.3 Å². The molecular weight excluding hydrogens is 312 g/mol. The number of non-ortho nitro benzene ring substituents is 1. The highest BCUT2D eigenvalue weighted by atomic mass is 16.6. The molecule has 0 N–H and O–H groups in total. The maximum atomic E-state index is 12.3. The van der Waals surface area contributed by atoms with E-state index >= 15 is 0 Å². The lowest BCUT2D eigenvalue weighted by molar-refractivity contribution is -0.384. The molecule has 0 unspecified atom stereocenters. The molecule has 0 aliphatic carbocycles. The minimum absolute atomic E-state index is 0.108. The number of likely N-dealkylation sites (N-methyl/N-ethyl adjacent to an activating group) is 1. The van der Waals surface area contributed by atoms with Gasteiger partial charge in [-0.2, -0.15) is 0 Å². The van der Waals surface area contributed by atoms with E-state index in [1.54, 1.807) is 44.5 Å². The lowest BCUT2D eigenvalue weighted by atomic mass is 10.2. The van der Waals surface area contributed by atoms with Crippen molar-refractivity contribution in [2.75, 3.05) is 27.3 Å². The average molecular weight is 330 g/mol. The molecule has 0 bridgehead atoms. The predicted molar refractivity (Wildman–Crippen MR) is 88.5 cm³/mol. The van der Waals surface area contributed by atoms with Crippen LogP contribution >= 0.6 is 0 Å². The fourth-order valence-electron chi connectivity index (χ4n) is 2.05. The van der Waals surface area contributed by atoms with Crippen LogP contribution in [0.2, 0.25) is 0 Å². The van der Waals surface area contributed by atoms with Crippen LogP contribution in [0.3, 0.4) is 0 Å². The summed E-state index contributed by atoms with van der Waals surface area (Å²) in [4.78, 5) is 24.0. The van der Waals surface area contributed by atoms with E-state index in [2.05, 4.69) is 0 Å². The second-order valence-electron chi connectivity index (χ2n) is 5.06. The lowest BCUT2D eigenvalue weighted by Crippen LogP contribution is -2.30. The first kappa shape index (κ1) is 17.3. The number of hydrogen-bond acceptors (Lipinski definition) is 5. The maximum absolute atomic E-state index is 12.3. The van der Waals surface area contributed by atoms with Gasteiger partial charge in [-0.15, -0.1) is 0 Å². The number of ether oxygens (including phenoxy) is 2. The number of nitro groups is 1. The molecule has 7 heteroatoms. The van der Waals surface area contributed by atoms with E-state index in [1.807, 2.05) is 0 Å². The van der Waals surface area contributed by atoms with Crippen molar-refractivity contribution < 1.29 is 19.2 Å². The minimum atomic E-state index is -0.524. The number of rotatable bonds is 7. The van der Waals surface area contributed by atoms with Crippen LogP contribution in [0, 0.1) is 10.1 Å². The van der Waals surface area contributed by atoms with Crippen LogP contribution in [-0.2, 0) is 0 Å². The van der Waals surface area contributed by atoms with Gasteiger partial charge in [0.25, 0.3) is 11.6 Å². The van der Waals surface area contributed by atoms with Crippen molar-refractivity contribution in [3.8, 4) is 11.5 Å². The van der Waals surface area contributed by atoms with Gasteiger partial charge in [0.15, 0.2) is 0 Å². The van der Waals surface area contributed by atoms with Crippen molar-refractivity contribution in [2.45, 2.75) is 0 Å². The molecule has 24 heavy (non-hydrogen) atoms. The monoisotopic (exact) mass is 330 g/mol. The van der Waals surface area contributed by atoms with Crippen LogP contribution in [0.1, 0.15) is 10.4 Å². The van der Waals surface area contributed by atoms with Gasteiger partial charge in [-0.25, -0.2) is 0 Å². The number of carbonyl (C=O) groups is 1. The first-order valence-corrected chi connectivity index (χ1v) is 7.28. The highest BCUT2D eigenvalue weighted by Gasteiger charge is 2.15. The fourth-order valence-corrected chi connectivity index (χ4v) is 2.05. The van der Waals surface area contributed by atoms with E-state index in [9.17, 15) is 14.9 Å². The molecular formula is C17H18N2O5. The van der Waals surface area contributed by atoms with Gasteiger partial charge in [-0.3, -0.25) is 14.9 Å². The first-order valence-electron chi connectivity index (χ1n) is 7.28. The molecule has 126 valence electrons. The molecule has 0 saturated heterocycles. The number of nitro benzene ring substituents is 1. The zero-order valence-corrected chi connectivity index (χ0v) is 13.5. The number of nitrogens with zero attached hydrogens (tertiary/aromatic N) is 2. The maximum Gasteiger partial charge on any atom is 0.270 e. The molecule has 0 aliphatic heterocycles. The van der Waals surface area contributed by atoms with Crippen LogP contribution < -0.4 is 9.47 Å². The SMILES string of the molecule is COc1ccc(OCCN(C)C(=O)c2cccc([N+](=O)[O-])c2)cc1. The lowest BCUT2D eigenvalue weighted by Gasteiger charge is -2.17. The Bertz CT molecular complexity index is 715. The van der Waals surface area contributed by atoms with Crippen molar-refractivity contribution >= 4 is 11.6 Å². The number of benzene rings is 2. The van der Waals surface area contributed by atoms with Crippen molar-refractivity contribution in [1.82, 2.24) is 4.90 Å². The van der Waals surface area contributed by atoms with Gasteiger partial charge >= 0.3 is 0 Å². The average Bonchev–Trinajstić information content (AvgIpc) is 2.61. The van der Waals surface area contributed by atoms with Crippen LogP contribution in [0.4, 0.5) is 5.69 Å². The number of methoxy groups -OCH3 is 1. The van der Waals surface area contributed by atoms with Crippen LogP contribution in [0.25, 0.3) is 0 Å². The molecule has 2 aromatic carbocycles. The van der Waals surface area contributed by atoms with Gasteiger partial charge in [0.1, 0.15) is 18.1 Å². The Morgan fingerprint density at radius 2 is 1.83 bits per heavy atom. The molecule has 0 radical (unpaired) electrons. The first-order chi connectivity index (χ1) is 11.5. The molecule has 0 fully saturated rings. The summed E-state index contributed by atoms with van der Waals surface area (Å²) in [5.41, 5.74) is 0.167. The van der Waals surface area contributed by atoms with Crippen molar-refractivity contribution in [1.29, 1.82) is 0 Å². The van der Waals surface area contributed by atoms with Gasteiger partial charge < -0.3 is 14.4 Å². The summed E-state index contributed by atoms with van der Waals surface area (Å²) in [6, 6.07) is 12.8. The molecule has 0 spiro atoms. The molecule has 2 aromatic rings. The van der Waals surface area contributed by atoms with Crippen molar-refractivity contribution in [3.05, 3.63) is 64.2 Å². The van der Waals surface area contributed by atoms with E-state index in [0.29, 0.717) is 18.9 Å². The molecule has 0 aromatic heterocycles. The highest BCUT2D eigenvalue weighted by Crippen LogP contribution is 2.17. The minimum Gasteiger partial charge on any atom is -0.497 e. The van der Waals surface area contributed by atoms with Gasteiger partial charge in [-0.1, -0.05) is 6.07 Å². The Hall–Kier alpha value is -3.09. The third kappa shape index (κ3) is 4.45. The summed E-state index contributed by atoms with van der Waals surface area (Å²) < 4.78 is 10.6. The van der Waals surface area contributed by atoms with E-state index in [0.717, 1.165) is 5.75 Å². The number of hydrogen-bond donors (Lipinski definition) is 0. The predicted octanol–water partition coefficient (Wildman–Crippen LogP) is 2.75. The normalized spacial score (nSPS) is 10.1. The van der Waals surface area contributed by atoms with Crippen LogP contribution in [0.15, 0.2) is 48.5 Å². The molecule has 2 rings (SSSR count). The smallest absolute Gasteiger partial charge is 0.270 e. The highest BCUT2D eigenvalue weighted by molar-refractivity contribution is 5.94. The standard InChI is InChI=1S/C17H18N2O5/c1-18(10-11-24-16-8-6-15(23-2)7-9-16)17(20)13-4-3-5-14(12-13)19(21)22/h3-9,12H,10-11H2,1-2H3. The third-order valence-electron chi connectivity index (χ3n) is 3.41. The Balaban J connectivity index is 1.89. The number of amides is 1. The van der Waals surface area contributed by atoms with E-state index in [1.165, 1.54) is 23.1 Å². The summed E-state index contributed by atoms with van der Waals surface area (Å²) >= 11 is 0. The second kappa shape index (κ2) is 7.96. The second-order valence-corrected chi connectivity index (χ2v) is 5.06. The summed E-state index contributed by atoms with van der Waals surface area (Å²) in [5.74, 6) is 1.12. The Morgan fingerprint density at radius 1 is 1.17 bits per heavy atom. The topological polar surface area (TPSA) is 81.9 Å². The largest absolute Gasteiger partial charge is 0.497 e. The fraction of sp³-hybridized carbons (Fsp3) is 0.235. The van der Waals surface area contributed by atoms with Crippen molar-refractivity contribution in [2.24, 2.45) is 0 Å². The Morgan fingerprint density at radius 3 is 2.46 bits per heavy atom. The summed E-state index contributed by atoms with van der Waals surface area (Å²) in [7, 11) is 3.21.